The molecule has 0 unspecified atom stereocenters. The molecular formula is C12H12ClN3. The lowest BCUT2D eigenvalue weighted by Gasteiger charge is -2.04. The van der Waals surface area contributed by atoms with E-state index in [-0.39, 0.29) is 0 Å². The summed E-state index contributed by atoms with van der Waals surface area (Å²) in [6.45, 7) is 1.95. The number of pyridine rings is 1. The number of aryl methyl sites for hydroxylation is 2. The molecule has 0 fully saturated rings. The third-order valence-electron chi connectivity index (χ3n) is 2.15. The van der Waals surface area contributed by atoms with Crippen LogP contribution in [0, 0.1) is 6.92 Å². The van der Waals surface area contributed by atoms with E-state index >= 15 is 0 Å². The zero-order valence-electron chi connectivity index (χ0n) is 9.02. The Kier molecular flexibility index (Phi) is 3.47. The number of halogens is 1. The van der Waals surface area contributed by atoms with Gasteiger partial charge in [-0.25, -0.2) is 9.97 Å². The van der Waals surface area contributed by atoms with E-state index in [0.29, 0.717) is 12.3 Å². The van der Waals surface area contributed by atoms with Gasteiger partial charge < -0.3 is 0 Å². The Morgan fingerprint density at radius 1 is 1.19 bits per heavy atom. The molecule has 0 aliphatic rings. The first-order chi connectivity index (χ1) is 7.79. The molecule has 2 aromatic rings. The van der Waals surface area contributed by atoms with Crippen molar-refractivity contribution < 1.29 is 0 Å². The van der Waals surface area contributed by atoms with E-state index in [2.05, 4.69) is 15.0 Å². The van der Waals surface area contributed by atoms with Gasteiger partial charge in [-0.2, -0.15) is 0 Å². The lowest BCUT2D eigenvalue weighted by atomic mass is 10.2. The topological polar surface area (TPSA) is 38.7 Å². The lowest BCUT2D eigenvalue weighted by Crippen LogP contribution is -2.00. The van der Waals surface area contributed by atoms with Crippen LogP contribution in [-0.2, 0) is 6.42 Å². The van der Waals surface area contributed by atoms with Crippen molar-refractivity contribution in [2.45, 2.75) is 13.3 Å². The van der Waals surface area contributed by atoms with Crippen LogP contribution in [0.3, 0.4) is 0 Å². The molecule has 16 heavy (non-hydrogen) atoms. The summed E-state index contributed by atoms with van der Waals surface area (Å²) in [5.74, 6) is 1.31. The largest absolute Gasteiger partial charge is 0.255 e. The summed E-state index contributed by atoms with van der Waals surface area (Å²) in [6.07, 6.45) is 2.44. The van der Waals surface area contributed by atoms with Crippen molar-refractivity contribution in [1.82, 2.24) is 15.0 Å². The molecule has 4 heteroatoms. The van der Waals surface area contributed by atoms with Gasteiger partial charge in [0.15, 0.2) is 0 Å². The number of alkyl halides is 1. The summed E-state index contributed by atoms with van der Waals surface area (Å²) in [5, 5.41) is 0. The SMILES string of the molecule is Cc1cc(-c2ccccn2)nc(CCCl)n1. The quantitative estimate of drug-likeness (QED) is 0.765. The lowest BCUT2D eigenvalue weighted by molar-refractivity contribution is 0.923. The highest BCUT2D eigenvalue weighted by Gasteiger charge is 2.04. The van der Waals surface area contributed by atoms with Crippen LogP contribution >= 0.6 is 11.6 Å². The van der Waals surface area contributed by atoms with Crippen molar-refractivity contribution in [3.63, 3.8) is 0 Å². The maximum Gasteiger partial charge on any atom is 0.130 e. The van der Waals surface area contributed by atoms with Gasteiger partial charge in [0.05, 0.1) is 11.4 Å². The van der Waals surface area contributed by atoms with Crippen LogP contribution in [0.25, 0.3) is 11.4 Å². The van der Waals surface area contributed by atoms with Crippen LogP contribution in [0.4, 0.5) is 0 Å². The molecule has 0 spiro atoms. The fourth-order valence-electron chi connectivity index (χ4n) is 1.47. The van der Waals surface area contributed by atoms with Crippen molar-refractivity contribution >= 4 is 11.6 Å². The van der Waals surface area contributed by atoms with Crippen LogP contribution in [0.2, 0.25) is 0 Å². The Balaban J connectivity index is 2.41. The number of rotatable bonds is 3. The zero-order valence-corrected chi connectivity index (χ0v) is 9.78. The summed E-state index contributed by atoms with van der Waals surface area (Å²) in [4.78, 5) is 13.0. The van der Waals surface area contributed by atoms with Gasteiger partial charge in [0.25, 0.3) is 0 Å². The molecule has 2 aromatic heterocycles. The van der Waals surface area contributed by atoms with E-state index < -0.39 is 0 Å². The molecule has 2 heterocycles. The van der Waals surface area contributed by atoms with Crippen LogP contribution in [0.1, 0.15) is 11.5 Å². The molecule has 0 aliphatic heterocycles. The molecule has 0 aromatic carbocycles. The highest BCUT2D eigenvalue weighted by Crippen LogP contribution is 2.14. The Morgan fingerprint density at radius 2 is 2.06 bits per heavy atom. The molecule has 0 bridgehead atoms. The molecular weight excluding hydrogens is 222 g/mol. The van der Waals surface area contributed by atoms with E-state index in [4.69, 9.17) is 11.6 Å². The fourth-order valence-corrected chi connectivity index (χ4v) is 1.64. The standard InChI is InChI=1S/C12H12ClN3/c1-9-8-11(10-4-2-3-7-14-10)16-12(15-9)5-6-13/h2-4,7-8H,5-6H2,1H3. The van der Waals surface area contributed by atoms with Crippen LogP contribution in [0.5, 0.6) is 0 Å². The van der Waals surface area contributed by atoms with Gasteiger partial charge in [0, 0.05) is 24.2 Å². The van der Waals surface area contributed by atoms with Gasteiger partial charge in [-0.3, -0.25) is 4.98 Å². The maximum atomic E-state index is 5.69. The van der Waals surface area contributed by atoms with Gasteiger partial charge in [0.1, 0.15) is 5.82 Å². The Labute approximate surface area is 99.5 Å². The van der Waals surface area contributed by atoms with Crippen molar-refractivity contribution in [3.05, 3.63) is 42.0 Å². The maximum absolute atomic E-state index is 5.69. The van der Waals surface area contributed by atoms with Gasteiger partial charge in [-0.15, -0.1) is 11.6 Å². The van der Waals surface area contributed by atoms with Gasteiger partial charge in [0.2, 0.25) is 0 Å². The normalized spacial score (nSPS) is 10.4. The molecule has 0 saturated carbocycles. The highest BCUT2D eigenvalue weighted by molar-refractivity contribution is 6.17. The number of aromatic nitrogens is 3. The van der Waals surface area contributed by atoms with Crippen molar-refractivity contribution in [2.75, 3.05) is 5.88 Å². The number of hydrogen-bond donors (Lipinski definition) is 0. The van der Waals surface area contributed by atoms with E-state index in [1.807, 2.05) is 31.2 Å². The second-order valence-electron chi connectivity index (χ2n) is 3.46. The predicted octanol–water partition coefficient (Wildman–Crippen LogP) is 2.63. The first-order valence-corrected chi connectivity index (χ1v) is 5.65. The molecule has 2 rings (SSSR count). The summed E-state index contributed by atoms with van der Waals surface area (Å²) in [7, 11) is 0. The third-order valence-corrected chi connectivity index (χ3v) is 2.33. The third kappa shape index (κ3) is 2.55. The molecule has 3 nitrogen and oxygen atoms in total. The minimum Gasteiger partial charge on any atom is -0.255 e. The van der Waals surface area contributed by atoms with Gasteiger partial charge in [-0.05, 0) is 25.1 Å². The first kappa shape index (κ1) is 11.0. The molecule has 0 radical (unpaired) electrons. The van der Waals surface area contributed by atoms with E-state index in [1.54, 1.807) is 6.20 Å². The second-order valence-corrected chi connectivity index (χ2v) is 3.84. The number of hydrogen-bond acceptors (Lipinski definition) is 3. The van der Waals surface area contributed by atoms with E-state index in [0.717, 1.165) is 22.9 Å². The molecule has 0 saturated heterocycles. The summed E-state index contributed by atoms with van der Waals surface area (Å²) < 4.78 is 0. The number of nitrogens with zero attached hydrogens (tertiary/aromatic N) is 3. The summed E-state index contributed by atoms with van der Waals surface area (Å²) >= 11 is 5.69. The summed E-state index contributed by atoms with van der Waals surface area (Å²) in [6, 6.07) is 7.70. The monoisotopic (exact) mass is 233 g/mol. The van der Waals surface area contributed by atoms with Crippen molar-refractivity contribution in [1.29, 1.82) is 0 Å². The van der Waals surface area contributed by atoms with Crippen molar-refractivity contribution in [2.24, 2.45) is 0 Å². The minimum absolute atomic E-state index is 0.533. The fraction of sp³-hybridized carbons (Fsp3) is 0.250. The zero-order chi connectivity index (χ0) is 11.4. The predicted molar refractivity (Wildman–Crippen MR) is 64.4 cm³/mol. The van der Waals surface area contributed by atoms with E-state index in [1.165, 1.54) is 0 Å². The highest BCUT2D eigenvalue weighted by atomic mass is 35.5. The average Bonchev–Trinajstić information content (AvgIpc) is 2.30. The van der Waals surface area contributed by atoms with Gasteiger partial charge in [-0.1, -0.05) is 6.07 Å². The van der Waals surface area contributed by atoms with Gasteiger partial charge >= 0.3 is 0 Å². The van der Waals surface area contributed by atoms with Crippen LogP contribution in [-0.4, -0.2) is 20.8 Å². The average molecular weight is 234 g/mol. The Morgan fingerprint density at radius 3 is 2.75 bits per heavy atom. The molecule has 0 atom stereocenters. The van der Waals surface area contributed by atoms with Crippen LogP contribution < -0.4 is 0 Å². The molecule has 82 valence electrons. The van der Waals surface area contributed by atoms with E-state index in [9.17, 15) is 0 Å². The molecule has 0 N–H and O–H groups in total. The van der Waals surface area contributed by atoms with Crippen molar-refractivity contribution in [3.8, 4) is 11.4 Å². The molecule has 0 aliphatic carbocycles. The Bertz CT molecular complexity index is 471. The smallest absolute Gasteiger partial charge is 0.130 e. The minimum atomic E-state index is 0.533. The Hall–Kier alpha value is -1.48. The first-order valence-electron chi connectivity index (χ1n) is 5.11. The summed E-state index contributed by atoms with van der Waals surface area (Å²) in [5.41, 5.74) is 2.66. The second kappa shape index (κ2) is 5.03. The molecule has 0 amide bonds. The van der Waals surface area contributed by atoms with Crippen LogP contribution in [0.15, 0.2) is 30.5 Å².